The van der Waals surface area contributed by atoms with Crippen LogP contribution in [0.2, 0.25) is 0 Å². The van der Waals surface area contributed by atoms with Crippen molar-refractivity contribution >= 4 is 15.9 Å². The van der Waals surface area contributed by atoms with Gasteiger partial charge in [-0.2, -0.15) is 4.52 Å². The first-order chi connectivity index (χ1) is 12.9. The van der Waals surface area contributed by atoms with Crippen LogP contribution in [-0.2, 0) is 17.9 Å². The number of phosphoric acid groups is 1. The minimum Gasteiger partial charge on any atom is -0.753 e. The normalized spacial score (nSPS) is 17.8. The van der Waals surface area contributed by atoms with Crippen molar-refractivity contribution in [3.8, 4) is 0 Å². The van der Waals surface area contributed by atoms with Crippen molar-refractivity contribution in [3.63, 3.8) is 0 Å². The van der Waals surface area contributed by atoms with Gasteiger partial charge in [0, 0.05) is 12.1 Å². The smallest absolute Gasteiger partial charge is 0.326 e. The van der Waals surface area contributed by atoms with Gasteiger partial charge in [0.2, 0.25) is 0 Å². The predicted octanol–water partition coefficient (Wildman–Crippen LogP) is 5.02. The maximum Gasteiger partial charge on any atom is 0.326 e. The molecule has 0 aromatic heterocycles. The molecule has 0 aromatic carbocycles. The molecule has 0 fully saturated rings. The molecule has 2 atom stereocenters. The maximum atomic E-state index is 14.0. The first-order valence-electron chi connectivity index (χ1n) is 10.7. The molecule has 0 heterocycles. The van der Waals surface area contributed by atoms with Crippen molar-refractivity contribution in [2.45, 2.75) is 107 Å². The quantitative estimate of drug-likeness (QED) is 0.359. The monoisotopic (exact) mass is 456 g/mol. The molecule has 176 valence electrons. The number of phosphoric ester groups is 1. The molecule has 0 aliphatic heterocycles. The van der Waals surface area contributed by atoms with E-state index in [1.807, 2.05) is 83.1 Å². The first kappa shape index (κ1) is 29.4. The summed E-state index contributed by atoms with van der Waals surface area (Å²) >= 11 is 0. The summed E-state index contributed by atoms with van der Waals surface area (Å²) in [4.78, 5) is 26.8. The molecule has 0 rings (SSSR count). The second-order valence-electron chi connectivity index (χ2n) is 9.68. The van der Waals surface area contributed by atoms with Crippen LogP contribution in [0.5, 0.6) is 0 Å². The Morgan fingerprint density at radius 3 is 1.34 bits per heavy atom. The van der Waals surface area contributed by atoms with E-state index >= 15 is 0 Å². The molecule has 29 heavy (non-hydrogen) atoms. The van der Waals surface area contributed by atoms with Gasteiger partial charge in [-0.15, -0.1) is 8.98 Å². The van der Waals surface area contributed by atoms with Crippen molar-refractivity contribution in [2.75, 3.05) is 0 Å². The van der Waals surface area contributed by atoms with Crippen LogP contribution in [0.25, 0.3) is 0 Å². The molecule has 0 radical (unpaired) electrons. The fraction of sp³-hybridized carbons (Fsp3) is 1.00. The van der Waals surface area contributed by atoms with E-state index in [9.17, 15) is 14.4 Å². The Bertz CT molecular complexity index is 503. The van der Waals surface area contributed by atoms with E-state index < -0.39 is 28.1 Å². The fourth-order valence-corrected chi connectivity index (χ4v) is 8.23. The van der Waals surface area contributed by atoms with Gasteiger partial charge in [0.25, 0.3) is 0 Å². The summed E-state index contributed by atoms with van der Waals surface area (Å²) in [6.07, 6.45) is -1.02. The summed E-state index contributed by atoms with van der Waals surface area (Å²) in [7, 11) is -9.12. The summed E-state index contributed by atoms with van der Waals surface area (Å²) < 4.78 is 31.0. The zero-order valence-corrected chi connectivity index (χ0v) is 22.2. The van der Waals surface area contributed by atoms with Crippen LogP contribution in [-0.4, -0.2) is 29.0 Å². The van der Waals surface area contributed by atoms with E-state index in [1.54, 1.807) is 0 Å². The Morgan fingerprint density at radius 2 is 1.07 bits per heavy atom. The largest absolute Gasteiger partial charge is 0.753 e. The SMILES string of the molecule is CC(C)C(OP(=O)([O-])O[P+]([O-])(OC(C(C)C)C(C)C)N(C(C)C)C(C)C)C(C)C. The summed E-state index contributed by atoms with van der Waals surface area (Å²) in [5.41, 5.74) is 0. The standard InChI is InChI=1S/C20H45NO6P2/c1-13(2)19(14(3)4)25-28(22,21(17(9)10)18(11)12)27-29(23,24)26-20(15(5)6)16(7)8/h13-20H,1-12H3,(H,23,24)/p-1. The van der Waals surface area contributed by atoms with Gasteiger partial charge < -0.3 is 14.3 Å². The fourth-order valence-electron chi connectivity index (χ4n) is 3.75. The summed E-state index contributed by atoms with van der Waals surface area (Å²) in [5, 5.41) is 0. The lowest BCUT2D eigenvalue weighted by Crippen LogP contribution is -2.45. The Morgan fingerprint density at radius 1 is 0.724 bits per heavy atom. The van der Waals surface area contributed by atoms with E-state index in [1.165, 1.54) is 4.67 Å². The summed E-state index contributed by atoms with van der Waals surface area (Å²) in [6.45, 7) is 22.6. The minimum atomic E-state index is -4.91. The lowest BCUT2D eigenvalue weighted by Gasteiger charge is -2.45. The average Bonchev–Trinajstić information content (AvgIpc) is 2.47. The lowest BCUT2D eigenvalue weighted by atomic mass is 9.97. The molecule has 7 nitrogen and oxygen atoms in total. The number of nitrogens with zero attached hydrogens (tertiary/aromatic N) is 1. The van der Waals surface area contributed by atoms with Crippen LogP contribution >= 0.6 is 15.9 Å². The zero-order valence-electron chi connectivity index (χ0n) is 20.4. The van der Waals surface area contributed by atoms with Crippen LogP contribution in [0, 0.1) is 23.7 Å². The highest BCUT2D eigenvalue weighted by atomic mass is 31.3. The molecular weight excluding hydrogens is 412 g/mol. The van der Waals surface area contributed by atoms with Crippen LogP contribution in [0.3, 0.4) is 0 Å². The molecule has 9 heteroatoms. The lowest BCUT2D eigenvalue weighted by molar-refractivity contribution is -0.259. The Labute approximate surface area is 179 Å². The van der Waals surface area contributed by atoms with E-state index in [0.29, 0.717) is 0 Å². The highest BCUT2D eigenvalue weighted by Crippen LogP contribution is 2.68. The number of hydrogen-bond donors (Lipinski definition) is 0. The highest BCUT2D eigenvalue weighted by Gasteiger charge is 2.50. The second-order valence-corrected chi connectivity index (χ2v) is 13.0. The number of rotatable bonds is 13. The Balaban J connectivity index is 6.07. The van der Waals surface area contributed by atoms with E-state index in [-0.39, 0.29) is 35.8 Å². The molecule has 0 saturated heterocycles. The van der Waals surface area contributed by atoms with Crippen LogP contribution in [0.1, 0.15) is 83.1 Å². The summed E-state index contributed by atoms with van der Waals surface area (Å²) in [6, 6.07) is -0.515. The van der Waals surface area contributed by atoms with Gasteiger partial charge in [-0.25, -0.2) is 0 Å². The number of hydrogen-bond acceptors (Lipinski definition) is 7. The van der Waals surface area contributed by atoms with Crippen LogP contribution in [0.4, 0.5) is 0 Å². The molecular formula is C20H44NO6P2-. The molecule has 0 saturated carbocycles. The molecule has 0 aromatic rings. The van der Waals surface area contributed by atoms with Gasteiger partial charge >= 0.3 is 15.9 Å². The van der Waals surface area contributed by atoms with Crippen LogP contribution in [0.15, 0.2) is 0 Å². The van der Waals surface area contributed by atoms with Gasteiger partial charge in [0.15, 0.2) is 0 Å². The van der Waals surface area contributed by atoms with Crippen molar-refractivity contribution in [1.82, 2.24) is 4.67 Å². The van der Waals surface area contributed by atoms with Gasteiger partial charge in [0.1, 0.15) is 6.10 Å². The average molecular weight is 457 g/mol. The third kappa shape index (κ3) is 9.21. The third-order valence-corrected chi connectivity index (χ3v) is 8.80. The van der Waals surface area contributed by atoms with Crippen molar-refractivity contribution < 1.29 is 27.7 Å². The molecule has 0 bridgehead atoms. The zero-order chi connectivity index (χ0) is 23.3. The van der Waals surface area contributed by atoms with Crippen molar-refractivity contribution in [3.05, 3.63) is 0 Å². The van der Waals surface area contributed by atoms with Gasteiger partial charge in [0.05, 0.1) is 6.10 Å². The van der Waals surface area contributed by atoms with Gasteiger partial charge in [-0.1, -0.05) is 55.4 Å². The maximum absolute atomic E-state index is 14.0. The van der Waals surface area contributed by atoms with E-state index in [2.05, 4.69) is 0 Å². The minimum absolute atomic E-state index is 0.0270. The topological polar surface area (TPSA) is 94.1 Å². The second kappa shape index (κ2) is 11.9. The van der Waals surface area contributed by atoms with E-state index in [0.717, 1.165) is 0 Å². The third-order valence-electron chi connectivity index (χ3n) is 4.68. The summed E-state index contributed by atoms with van der Waals surface area (Å²) in [5.74, 6) is -0.0450. The predicted molar refractivity (Wildman–Crippen MR) is 117 cm³/mol. The van der Waals surface area contributed by atoms with Crippen LogP contribution < -0.4 is 9.79 Å². The molecule has 0 N–H and O–H groups in total. The molecule has 0 amide bonds. The highest BCUT2D eigenvalue weighted by molar-refractivity contribution is 7.65. The molecule has 2 unspecified atom stereocenters. The Kier molecular flexibility index (Phi) is 12.0. The van der Waals surface area contributed by atoms with Gasteiger partial charge in [-0.3, -0.25) is 4.57 Å². The first-order valence-corrected chi connectivity index (χ1v) is 13.7. The molecule has 0 aliphatic rings. The van der Waals surface area contributed by atoms with E-state index in [4.69, 9.17) is 13.4 Å². The molecule has 0 spiro atoms. The van der Waals surface area contributed by atoms with Crippen molar-refractivity contribution in [2.24, 2.45) is 23.7 Å². The van der Waals surface area contributed by atoms with Crippen molar-refractivity contribution in [1.29, 1.82) is 0 Å². The Hall–Kier alpha value is 0.420. The molecule has 0 aliphatic carbocycles. The van der Waals surface area contributed by atoms with Gasteiger partial charge in [-0.05, 0) is 51.4 Å².